The first-order valence-electron chi connectivity index (χ1n) is 7.93. The minimum absolute atomic E-state index is 0.109. The molecule has 1 aromatic heterocycles. The summed E-state index contributed by atoms with van der Waals surface area (Å²) < 4.78 is 6.06. The number of ether oxygens (including phenoxy) is 1. The van der Waals surface area contributed by atoms with Gasteiger partial charge in [0.05, 0.1) is 12.0 Å². The molecule has 0 spiro atoms. The van der Waals surface area contributed by atoms with Crippen molar-refractivity contribution in [1.29, 1.82) is 0 Å². The van der Waals surface area contributed by atoms with Gasteiger partial charge in [0.2, 0.25) is 11.8 Å². The van der Waals surface area contributed by atoms with Crippen LogP contribution < -0.4 is 15.4 Å². The molecule has 27 heavy (non-hydrogen) atoms. The second kappa shape index (κ2) is 8.00. The molecule has 2 N–H and O–H groups in total. The van der Waals surface area contributed by atoms with E-state index >= 15 is 0 Å². The van der Waals surface area contributed by atoms with Crippen molar-refractivity contribution < 1.29 is 9.66 Å². The Morgan fingerprint density at radius 1 is 1.00 bits per heavy atom. The van der Waals surface area contributed by atoms with E-state index in [1.165, 1.54) is 0 Å². The zero-order valence-electron chi connectivity index (χ0n) is 14.6. The van der Waals surface area contributed by atoms with Crippen molar-refractivity contribution in [3.8, 4) is 5.75 Å². The molecule has 0 radical (unpaired) electrons. The normalized spacial score (nSPS) is 10.3. The number of nitrogens with zero attached hydrogens (tertiary/aromatic N) is 3. The van der Waals surface area contributed by atoms with Gasteiger partial charge in [-0.05, 0) is 55.5 Å². The quantitative estimate of drug-likeness (QED) is 0.421. The number of anilines is 4. The van der Waals surface area contributed by atoms with E-state index in [-0.39, 0.29) is 23.1 Å². The molecule has 138 valence electrons. The first kappa shape index (κ1) is 18.6. The summed E-state index contributed by atoms with van der Waals surface area (Å²) in [6.45, 7) is 1.58. The van der Waals surface area contributed by atoms with Crippen LogP contribution >= 0.6 is 15.9 Å². The third-order valence-electron chi connectivity index (χ3n) is 3.69. The summed E-state index contributed by atoms with van der Waals surface area (Å²) in [5.74, 6) is 1.06. The largest absolute Gasteiger partial charge is 0.497 e. The maximum Gasteiger partial charge on any atom is 0.332 e. The molecule has 0 bridgehead atoms. The highest BCUT2D eigenvalue weighted by atomic mass is 79.9. The van der Waals surface area contributed by atoms with Gasteiger partial charge < -0.3 is 15.4 Å². The Morgan fingerprint density at radius 3 is 2.19 bits per heavy atom. The van der Waals surface area contributed by atoms with Crippen molar-refractivity contribution in [2.75, 3.05) is 17.7 Å². The van der Waals surface area contributed by atoms with Crippen molar-refractivity contribution >= 4 is 44.8 Å². The summed E-state index contributed by atoms with van der Waals surface area (Å²) in [4.78, 5) is 19.5. The molecule has 9 heteroatoms. The van der Waals surface area contributed by atoms with Crippen LogP contribution in [0.3, 0.4) is 0 Å². The first-order valence-corrected chi connectivity index (χ1v) is 8.72. The second-order valence-corrected chi connectivity index (χ2v) is 6.49. The summed E-state index contributed by atoms with van der Waals surface area (Å²) in [6.07, 6.45) is 0. The number of hydrogen-bond donors (Lipinski definition) is 2. The summed E-state index contributed by atoms with van der Waals surface area (Å²) in [7, 11) is 1.57. The van der Waals surface area contributed by atoms with E-state index in [4.69, 9.17) is 4.74 Å². The zero-order valence-corrected chi connectivity index (χ0v) is 16.1. The average Bonchev–Trinajstić information content (AvgIpc) is 2.63. The monoisotopic (exact) mass is 429 g/mol. The fourth-order valence-electron chi connectivity index (χ4n) is 2.40. The topological polar surface area (TPSA) is 102 Å². The van der Waals surface area contributed by atoms with Crippen molar-refractivity contribution in [2.24, 2.45) is 0 Å². The highest BCUT2D eigenvalue weighted by molar-refractivity contribution is 9.10. The molecular formula is C18H16BrN5O3. The van der Waals surface area contributed by atoms with Crippen LogP contribution in [0.25, 0.3) is 0 Å². The molecule has 3 rings (SSSR count). The van der Waals surface area contributed by atoms with Crippen LogP contribution in [-0.2, 0) is 0 Å². The van der Waals surface area contributed by atoms with Gasteiger partial charge in [0.15, 0.2) is 0 Å². The fourth-order valence-corrected chi connectivity index (χ4v) is 2.67. The lowest BCUT2D eigenvalue weighted by Crippen LogP contribution is -2.07. The number of nitro groups is 1. The Bertz CT molecular complexity index is 962. The third-order valence-corrected chi connectivity index (χ3v) is 4.22. The first-order chi connectivity index (χ1) is 13.0. The standard InChI is InChI=1S/C18H16BrN5O3/c1-11-16(24(25)26)17(21-13-7-9-15(27-2)10-8-13)23-18(20-11)22-14-5-3-12(19)4-6-14/h3-10H,1-2H3,(H2,20,21,22,23). The highest BCUT2D eigenvalue weighted by Crippen LogP contribution is 2.30. The number of hydrogen-bond acceptors (Lipinski definition) is 7. The lowest BCUT2D eigenvalue weighted by molar-refractivity contribution is -0.385. The minimum atomic E-state index is -0.495. The molecule has 0 atom stereocenters. The summed E-state index contributed by atoms with van der Waals surface area (Å²) in [6, 6.07) is 14.5. The van der Waals surface area contributed by atoms with Crippen LogP contribution in [0, 0.1) is 17.0 Å². The summed E-state index contributed by atoms with van der Waals surface area (Å²) in [5.41, 5.74) is 1.49. The predicted octanol–water partition coefficient (Wildman–Crippen LogP) is 4.95. The number of halogens is 1. The van der Waals surface area contributed by atoms with Crippen LogP contribution in [0.2, 0.25) is 0 Å². The van der Waals surface area contributed by atoms with Crippen molar-refractivity contribution in [3.63, 3.8) is 0 Å². The molecule has 1 heterocycles. The number of methoxy groups -OCH3 is 1. The third kappa shape index (κ3) is 4.50. The van der Waals surface area contributed by atoms with Gasteiger partial charge in [-0.15, -0.1) is 0 Å². The van der Waals surface area contributed by atoms with Crippen molar-refractivity contribution in [2.45, 2.75) is 6.92 Å². The molecule has 0 aliphatic carbocycles. The van der Waals surface area contributed by atoms with Gasteiger partial charge in [0, 0.05) is 15.8 Å². The molecule has 0 amide bonds. The molecule has 0 saturated heterocycles. The van der Waals surface area contributed by atoms with Crippen LogP contribution in [-0.4, -0.2) is 22.0 Å². The summed E-state index contributed by atoms with van der Waals surface area (Å²) in [5, 5.41) is 17.5. The van der Waals surface area contributed by atoms with Crippen molar-refractivity contribution in [3.05, 3.63) is 68.8 Å². The molecule has 0 saturated carbocycles. The van der Waals surface area contributed by atoms with Gasteiger partial charge in [-0.25, -0.2) is 4.98 Å². The van der Waals surface area contributed by atoms with E-state index in [9.17, 15) is 10.1 Å². The zero-order chi connectivity index (χ0) is 19.4. The number of rotatable bonds is 6. The number of nitrogens with one attached hydrogen (secondary N) is 2. The van der Waals surface area contributed by atoms with Crippen LogP contribution in [0.1, 0.15) is 5.69 Å². The number of benzene rings is 2. The maximum absolute atomic E-state index is 11.5. The van der Waals surface area contributed by atoms with Crippen molar-refractivity contribution in [1.82, 2.24) is 9.97 Å². The van der Waals surface area contributed by atoms with E-state index in [0.29, 0.717) is 11.4 Å². The lowest BCUT2D eigenvalue weighted by atomic mass is 10.3. The minimum Gasteiger partial charge on any atom is -0.497 e. The number of aromatic nitrogens is 2. The van der Waals surface area contributed by atoms with Gasteiger partial charge in [-0.2, -0.15) is 4.98 Å². The molecular weight excluding hydrogens is 414 g/mol. The molecule has 3 aromatic rings. The Hall–Kier alpha value is -3.20. The molecule has 2 aromatic carbocycles. The van der Waals surface area contributed by atoms with Gasteiger partial charge >= 0.3 is 5.69 Å². The van der Waals surface area contributed by atoms with Gasteiger partial charge in [0.1, 0.15) is 11.4 Å². The van der Waals surface area contributed by atoms with E-state index < -0.39 is 4.92 Å². The van der Waals surface area contributed by atoms with Gasteiger partial charge in [0.25, 0.3) is 0 Å². The van der Waals surface area contributed by atoms with E-state index in [1.807, 2.05) is 24.3 Å². The maximum atomic E-state index is 11.5. The lowest BCUT2D eigenvalue weighted by Gasteiger charge is -2.11. The Kier molecular flexibility index (Phi) is 5.51. The Labute approximate surface area is 163 Å². The number of aryl methyl sites for hydroxylation is 1. The molecule has 0 fully saturated rings. The average molecular weight is 430 g/mol. The molecule has 8 nitrogen and oxygen atoms in total. The fraction of sp³-hybridized carbons (Fsp3) is 0.111. The smallest absolute Gasteiger partial charge is 0.332 e. The second-order valence-electron chi connectivity index (χ2n) is 5.57. The SMILES string of the molecule is COc1ccc(Nc2nc(Nc3ccc(Br)cc3)nc(C)c2[N+](=O)[O-])cc1. The summed E-state index contributed by atoms with van der Waals surface area (Å²) >= 11 is 3.37. The molecule has 0 unspecified atom stereocenters. The molecule has 0 aliphatic heterocycles. The van der Waals surface area contributed by atoms with Gasteiger partial charge in [-0.3, -0.25) is 10.1 Å². The van der Waals surface area contributed by atoms with E-state index in [0.717, 1.165) is 10.2 Å². The predicted molar refractivity (Wildman–Crippen MR) is 107 cm³/mol. The van der Waals surface area contributed by atoms with E-state index in [1.54, 1.807) is 38.3 Å². The Balaban J connectivity index is 1.95. The van der Waals surface area contributed by atoms with Gasteiger partial charge in [-0.1, -0.05) is 15.9 Å². The highest BCUT2D eigenvalue weighted by Gasteiger charge is 2.22. The van der Waals surface area contributed by atoms with Crippen LogP contribution in [0.15, 0.2) is 53.0 Å². The van der Waals surface area contributed by atoms with Crippen LogP contribution in [0.5, 0.6) is 5.75 Å². The molecule has 0 aliphatic rings. The Morgan fingerprint density at radius 2 is 1.59 bits per heavy atom. The van der Waals surface area contributed by atoms with E-state index in [2.05, 4.69) is 36.5 Å². The van der Waals surface area contributed by atoms with Crippen LogP contribution in [0.4, 0.5) is 28.8 Å².